The van der Waals surface area contributed by atoms with E-state index < -0.39 is 0 Å². The fourth-order valence-electron chi connectivity index (χ4n) is 2.50. The monoisotopic (exact) mass is 249 g/mol. The van der Waals surface area contributed by atoms with Gasteiger partial charge in [-0.3, -0.25) is 0 Å². The fourth-order valence-corrected chi connectivity index (χ4v) is 2.50. The summed E-state index contributed by atoms with van der Waals surface area (Å²) in [5.41, 5.74) is 8.41. The number of nitrogens with two attached hydrogens (primary N) is 1. The van der Waals surface area contributed by atoms with E-state index >= 15 is 0 Å². The molecule has 0 aliphatic heterocycles. The van der Waals surface area contributed by atoms with E-state index in [9.17, 15) is 0 Å². The molecule has 0 aliphatic rings. The van der Waals surface area contributed by atoms with Gasteiger partial charge in [-0.15, -0.1) is 0 Å². The maximum Gasteiger partial charge on any atom is 0.122 e. The number of hydrogen-bond acceptors (Lipinski definition) is 2. The Balaban J connectivity index is 3.12. The minimum Gasteiger partial charge on any atom is -0.496 e. The molecule has 18 heavy (non-hydrogen) atoms. The second-order valence-corrected chi connectivity index (χ2v) is 5.58. The van der Waals surface area contributed by atoms with E-state index in [0.29, 0.717) is 17.8 Å². The maximum absolute atomic E-state index is 5.73. The van der Waals surface area contributed by atoms with Crippen molar-refractivity contribution in [3.63, 3.8) is 0 Å². The molecule has 0 heterocycles. The first kappa shape index (κ1) is 15.0. The van der Waals surface area contributed by atoms with Crippen molar-refractivity contribution in [2.45, 2.75) is 46.0 Å². The van der Waals surface area contributed by atoms with E-state index in [1.165, 1.54) is 11.1 Å². The topological polar surface area (TPSA) is 35.2 Å². The van der Waals surface area contributed by atoms with Crippen LogP contribution in [0, 0.1) is 5.92 Å². The highest BCUT2D eigenvalue weighted by atomic mass is 16.5. The molecular weight excluding hydrogens is 222 g/mol. The van der Waals surface area contributed by atoms with Crippen LogP contribution in [-0.2, 0) is 0 Å². The highest BCUT2D eigenvalue weighted by Gasteiger charge is 2.17. The Morgan fingerprint density at radius 3 is 2.28 bits per heavy atom. The molecule has 0 bridgehead atoms. The summed E-state index contributed by atoms with van der Waals surface area (Å²) in [4.78, 5) is 0. The van der Waals surface area contributed by atoms with E-state index in [0.717, 1.165) is 18.7 Å². The molecule has 2 N–H and O–H groups in total. The number of methoxy groups -OCH3 is 1. The third-order valence-electron chi connectivity index (χ3n) is 3.59. The van der Waals surface area contributed by atoms with Crippen LogP contribution in [0.5, 0.6) is 5.75 Å². The Labute approximate surface area is 112 Å². The van der Waals surface area contributed by atoms with E-state index in [1.54, 1.807) is 7.11 Å². The quantitative estimate of drug-likeness (QED) is 0.829. The highest BCUT2D eigenvalue weighted by molar-refractivity contribution is 5.40. The van der Waals surface area contributed by atoms with Crippen molar-refractivity contribution < 1.29 is 4.74 Å². The molecule has 0 fully saturated rings. The first-order chi connectivity index (χ1) is 8.51. The fraction of sp³-hybridized carbons (Fsp3) is 0.625. The summed E-state index contributed by atoms with van der Waals surface area (Å²) in [6, 6.07) is 6.57. The predicted molar refractivity (Wildman–Crippen MR) is 78.3 cm³/mol. The molecule has 0 amide bonds. The first-order valence-corrected chi connectivity index (χ1v) is 6.89. The van der Waals surface area contributed by atoms with Crippen LogP contribution in [0.3, 0.4) is 0 Å². The van der Waals surface area contributed by atoms with E-state index in [-0.39, 0.29) is 0 Å². The largest absolute Gasteiger partial charge is 0.496 e. The maximum atomic E-state index is 5.73. The molecule has 1 unspecified atom stereocenters. The van der Waals surface area contributed by atoms with Crippen LogP contribution in [0.25, 0.3) is 0 Å². The summed E-state index contributed by atoms with van der Waals surface area (Å²) in [5, 5.41) is 0. The Hall–Kier alpha value is -1.02. The summed E-state index contributed by atoms with van der Waals surface area (Å²) >= 11 is 0. The zero-order valence-corrected chi connectivity index (χ0v) is 12.4. The highest BCUT2D eigenvalue weighted by Crippen LogP contribution is 2.33. The molecule has 1 rings (SSSR count). The van der Waals surface area contributed by atoms with Gasteiger partial charge < -0.3 is 10.5 Å². The number of hydrogen-bond donors (Lipinski definition) is 1. The first-order valence-electron chi connectivity index (χ1n) is 6.89. The number of benzene rings is 1. The summed E-state index contributed by atoms with van der Waals surface area (Å²) in [7, 11) is 1.74. The molecule has 1 aromatic rings. The summed E-state index contributed by atoms with van der Waals surface area (Å²) in [5.74, 6) is 2.62. The minimum atomic E-state index is 0.477. The van der Waals surface area contributed by atoms with Crippen LogP contribution in [-0.4, -0.2) is 13.7 Å². The molecule has 0 aromatic heterocycles. The second kappa shape index (κ2) is 6.79. The van der Waals surface area contributed by atoms with Crippen LogP contribution in [0.2, 0.25) is 0 Å². The van der Waals surface area contributed by atoms with Gasteiger partial charge in [-0.05, 0) is 47.9 Å². The molecule has 2 heteroatoms. The van der Waals surface area contributed by atoms with Gasteiger partial charge in [0.15, 0.2) is 0 Å². The lowest BCUT2D eigenvalue weighted by Gasteiger charge is -2.23. The Kier molecular flexibility index (Phi) is 5.67. The van der Waals surface area contributed by atoms with Crippen molar-refractivity contribution in [1.29, 1.82) is 0 Å². The van der Waals surface area contributed by atoms with E-state index in [2.05, 4.69) is 45.9 Å². The lowest BCUT2D eigenvalue weighted by Crippen LogP contribution is -2.13. The SMILES string of the molecule is COc1ccc(C(CCN)C(C)C)cc1C(C)C. The lowest BCUT2D eigenvalue weighted by atomic mass is 9.84. The molecular formula is C16H27NO. The zero-order chi connectivity index (χ0) is 13.7. The molecule has 1 atom stereocenters. The molecule has 0 radical (unpaired) electrons. The van der Waals surface area contributed by atoms with Gasteiger partial charge in [0.1, 0.15) is 5.75 Å². The normalized spacial score (nSPS) is 13.1. The third-order valence-corrected chi connectivity index (χ3v) is 3.59. The Bertz CT molecular complexity index is 371. The van der Waals surface area contributed by atoms with Gasteiger partial charge >= 0.3 is 0 Å². The van der Waals surface area contributed by atoms with Gasteiger partial charge in [0.05, 0.1) is 7.11 Å². The van der Waals surface area contributed by atoms with E-state index in [1.807, 2.05) is 0 Å². The molecule has 2 nitrogen and oxygen atoms in total. The van der Waals surface area contributed by atoms with Gasteiger partial charge in [0, 0.05) is 0 Å². The molecule has 1 aromatic carbocycles. The van der Waals surface area contributed by atoms with Crippen LogP contribution in [0.15, 0.2) is 18.2 Å². The van der Waals surface area contributed by atoms with Crippen molar-refractivity contribution in [3.8, 4) is 5.75 Å². The summed E-state index contributed by atoms with van der Waals surface area (Å²) < 4.78 is 5.44. The van der Waals surface area contributed by atoms with Gasteiger partial charge in [0.2, 0.25) is 0 Å². The average Bonchev–Trinajstić information content (AvgIpc) is 2.34. The van der Waals surface area contributed by atoms with Crippen molar-refractivity contribution in [2.75, 3.05) is 13.7 Å². The van der Waals surface area contributed by atoms with Gasteiger partial charge in [-0.25, -0.2) is 0 Å². The molecule has 0 spiro atoms. The number of ether oxygens (including phenoxy) is 1. The van der Waals surface area contributed by atoms with Crippen molar-refractivity contribution in [1.82, 2.24) is 0 Å². The predicted octanol–water partition coefficient (Wildman–Crippen LogP) is 3.91. The zero-order valence-electron chi connectivity index (χ0n) is 12.4. The molecule has 0 saturated heterocycles. The Morgan fingerprint density at radius 1 is 1.17 bits per heavy atom. The van der Waals surface area contributed by atoms with Crippen LogP contribution >= 0.6 is 0 Å². The van der Waals surface area contributed by atoms with Crippen LogP contribution < -0.4 is 10.5 Å². The smallest absolute Gasteiger partial charge is 0.122 e. The second-order valence-electron chi connectivity index (χ2n) is 5.58. The van der Waals surface area contributed by atoms with Crippen molar-refractivity contribution >= 4 is 0 Å². The summed E-state index contributed by atoms with van der Waals surface area (Å²) in [6.07, 6.45) is 1.04. The molecule has 0 saturated carbocycles. The van der Waals surface area contributed by atoms with Gasteiger partial charge in [-0.1, -0.05) is 39.8 Å². The van der Waals surface area contributed by atoms with Crippen LogP contribution in [0.1, 0.15) is 57.1 Å². The van der Waals surface area contributed by atoms with Crippen molar-refractivity contribution in [2.24, 2.45) is 11.7 Å². The van der Waals surface area contributed by atoms with Crippen molar-refractivity contribution in [3.05, 3.63) is 29.3 Å². The standard InChI is InChI=1S/C16H27NO/c1-11(2)14(8-9-17)13-6-7-16(18-5)15(10-13)12(3)4/h6-7,10-12,14H,8-9,17H2,1-5H3. The summed E-state index contributed by atoms with van der Waals surface area (Å²) in [6.45, 7) is 9.68. The van der Waals surface area contributed by atoms with Gasteiger partial charge in [0.25, 0.3) is 0 Å². The lowest BCUT2D eigenvalue weighted by molar-refractivity contribution is 0.406. The van der Waals surface area contributed by atoms with Crippen LogP contribution in [0.4, 0.5) is 0 Å². The third kappa shape index (κ3) is 3.49. The average molecular weight is 249 g/mol. The number of rotatable bonds is 6. The molecule has 0 aliphatic carbocycles. The molecule has 102 valence electrons. The minimum absolute atomic E-state index is 0.477. The Morgan fingerprint density at radius 2 is 1.83 bits per heavy atom. The van der Waals surface area contributed by atoms with Gasteiger partial charge in [-0.2, -0.15) is 0 Å². The van der Waals surface area contributed by atoms with E-state index in [4.69, 9.17) is 10.5 Å².